The van der Waals surface area contributed by atoms with Crippen molar-refractivity contribution < 1.29 is 14.4 Å². The van der Waals surface area contributed by atoms with Crippen molar-refractivity contribution >= 4 is 40.8 Å². The van der Waals surface area contributed by atoms with E-state index < -0.39 is 18.0 Å². The molecule has 0 aromatic heterocycles. The van der Waals surface area contributed by atoms with Gasteiger partial charge in [0.15, 0.2) is 0 Å². The average molecular weight is 491 g/mol. The summed E-state index contributed by atoms with van der Waals surface area (Å²) < 4.78 is 0. The Bertz CT molecular complexity index is 1220. The number of halogens is 1. The third kappa shape index (κ3) is 5.46. The summed E-state index contributed by atoms with van der Waals surface area (Å²) in [6.45, 7) is 3.40. The molecule has 8 heteroatoms. The predicted molar refractivity (Wildman–Crippen MR) is 138 cm³/mol. The molecule has 0 aliphatic carbocycles. The standard InChI is InChI=1S/C27H27ClN4O3/c1-18-6-2-3-7-23(18)24(32(27(29)35)22-14-10-20(28)11-15-22)25(33)30-21-12-8-19(9-13-21)26(34)31-16-4-5-17-31/h2-3,6-15,24H,4-5,16-17H2,1H3,(H2,29,35)(H,30,33). The van der Waals surface area contributed by atoms with E-state index in [-0.39, 0.29) is 5.91 Å². The summed E-state index contributed by atoms with van der Waals surface area (Å²) in [5, 5.41) is 3.38. The maximum absolute atomic E-state index is 13.6. The van der Waals surface area contributed by atoms with Gasteiger partial charge in [-0.05, 0) is 79.4 Å². The number of carbonyl (C=O) groups is 3. The highest BCUT2D eigenvalue weighted by Crippen LogP contribution is 2.31. The quantitative estimate of drug-likeness (QED) is 0.500. The number of nitrogens with one attached hydrogen (secondary N) is 1. The Balaban J connectivity index is 1.64. The lowest BCUT2D eigenvalue weighted by atomic mass is 9.98. The van der Waals surface area contributed by atoms with Gasteiger partial charge in [0.05, 0.1) is 0 Å². The number of urea groups is 1. The van der Waals surface area contributed by atoms with E-state index in [1.807, 2.05) is 30.0 Å². The highest BCUT2D eigenvalue weighted by atomic mass is 35.5. The summed E-state index contributed by atoms with van der Waals surface area (Å²) in [6.07, 6.45) is 2.04. The van der Waals surface area contributed by atoms with E-state index in [0.29, 0.717) is 27.5 Å². The summed E-state index contributed by atoms with van der Waals surface area (Å²) in [7, 11) is 0. The number of anilines is 2. The molecule has 1 fully saturated rings. The van der Waals surface area contributed by atoms with Crippen molar-refractivity contribution in [3.05, 3.63) is 94.5 Å². The summed E-state index contributed by atoms with van der Waals surface area (Å²) >= 11 is 6.02. The van der Waals surface area contributed by atoms with Gasteiger partial charge >= 0.3 is 6.03 Å². The predicted octanol–water partition coefficient (Wildman–Crippen LogP) is 5.15. The van der Waals surface area contributed by atoms with Gasteiger partial charge in [-0.25, -0.2) is 4.79 Å². The molecule has 3 aromatic rings. The molecule has 0 spiro atoms. The minimum absolute atomic E-state index is 0.0131. The van der Waals surface area contributed by atoms with Crippen LogP contribution in [0.2, 0.25) is 5.02 Å². The van der Waals surface area contributed by atoms with Crippen molar-refractivity contribution in [3.8, 4) is 0 Å². The number of hydrogen-bond donors (Lipinski definition) is 2. The maximum atomic E-state index is 13.6. The molecule has 7 nitrogen and oxygen atoms in total. The number of nitrogens with zero attached hydrogens (tertiary/aromatic N) is 2. The molecular formula is C27H27ClN4O3. The largest absolute Gasteiger partial charge is 0.351 e. The van der Waals surface area contributed by atoms with Crippen LogP contribution in [0, 0.1) is 6.92 Å². The molecule has 0 saturated carbocycles. The van der Waals surface area contributed by atoms with Crippen molar-refractivity contribution in [2.45, 2.75) is 25.8 Å². The van der Waals surface area contributed by atoms with Gasteiger partial charge in [0.1, 0.15) is 6.04 Å². The second kappa shape index (κ2) is 10.6. The van der Waals surface area contributed by atoms with E-state index in [9.17, 15) is 14.4 Å². The number of likely N-dealkylation sites (tertiary alicyclic amines) is 1. The zero-order valence-corrected chi connectivity index (χ0v) is 20.2. The van der Waals surface area contributed by atoms with Crippen LogP contribution < -0.4 is 16.0 Å². The minimum atomic E-state index is -1.03. The minimum Gasteiger partial charge on any atom is -0.351 e. The molecule has 4 amide bonds. The number of amides is 4. The van der Waals surface area contributed by atoms with Gasteiger partial charge in [-0.3, -0.25) is 14.5 Å². The van der Waals surface area contributed by atoms with Crippen LogP contribution in [0.25, 0.3) is 0 Å². The first-order chi connectivity index (χ1) is 16.8. The van der Waals surface area contributed by atoms with Crippen LogP contribution in [0.1, 0.15) is 40.4 Å². The van der Waals surface area contributed by atoms with Gasteiger partial charge in [0.2, 0.25) is 0 Å². The van der Waals surface area contributed by atoms with Crippen LogP contribution in [0.3, 0.4) is 0 Å². The van der Waals surface area contributed by atoms with Crippen molar-refractivity contribution in [1.29, 1.82) is 0 Å². The van der Waals surface area contributed by atoms with Gasteiger partial charge in [0.25, 0.3) is 11.8 Å². The average Bonchev–Trinajstić information content (AvgIpc) is 3.39. The molecule has 3 aromatic carbocycles. The molecule has 0 bridgehead atoms. The van der Waals surface area contributed by atoms with Gasteiger partial charge in [-0.1, -0.05) is 35.9 Å². The zero-order chi connectivity index (χ0) is 24.9. The number of nitrogens with two attached hydrogens (primary N) is 1. The molecule has 1 atom stereocenters. The smallest absolute Gasteiger partial charge is 0.320 e. The molecule has 1 aliphatic heterocycles. The summed E-state index contributed by atoms with van der Waals surface area (Å²) in [6, 6.07) is 18.9. The molecule has 1 heterocycles. The first kappa shape index (κ1) is 24.3. The lowest BCUT2D eigenvalue weighted by molar-refractivity contribution is -0.117. The molecule has 3 N–H and O–H groups in total. The molecule has 4 rings (SSSR count). The Morgan fingerprint density at radius 1 is 0.943 bits per heavy atom. The maximum Gasteiger partial charge on any atom is 0.320 e. The normalized spacial score (nSPS) is 13.8. The first-order valence-electron chi connectivity index (χ1n) is 11.4. The fourth-order valence-corrected chi connectivity index (χ4v) is 4.43. The molecule has 1 saturated heterocycles. The first-order valence-corrected chi connectivity index (χ1v) is 11.8. The summed E-state index contributed by atoms with van der Waals surface area (Å²) in [4.78, 5) is 41.9. The van der Waals surface area contributed by atoms with Crippen molar-refractivity contribution in [2.75, 3.05) is 23.3 Å². The highest BCUT2D eigenvalue weighted by Gasteiger charge is 2.33. The Labute approximate surface area is 209 Å². The van der Waals surface area contributed by atoms with E-state index in [1.54, 1.807) is 54.6 Å². The van der Waals surface area contributed by atoms with Crippen LogP contribution in [-0.4, -0.2) is 35.8 Å². The second-order valence-electron chi connectivity index (χ2n) is 8.51. The van der Waals surface area contributed by atoms with Crippen molar-refractivity contribution in [3.63, 3.8) is 0 Å². The number of carbonyl (C=O) groups excluding carboxylic acids is 3. The van der Waals surface area contributed by atoms with Crippen molar-refractivity contribution in [2.24, 2.45) is 5.73 Å². The van der Waals surface area contributed by atoms with Gasteiger partial charge < -0.3 is 16.0 Å². The monoisotopic (exact) mass is 490 g/mol. The van der Waals surface area contributed by atoms with E-state index in [0.717, 1.165) is 31.5 Å². The second-order valence-corrected chi connectivity index (χ2v) is 8.95. The lowest BCUT2D eigenvalue weighted by Gasteiger charge is -2.31. The lowest BCUT2D eigenvalue weighted by Crippen LogP contribution is -2.44. The molecule has 180 valence electrons. The van der Waals surface area contributed by atoms with E-state index in [2.05, 4.69) is 5.32 Å². The van der Waals surface area contributed by atoms with Crippen LogP contribution in [0.15, 0.2) is 72.8 Å². The molecule has 0 radical (unpaired) electrons. The van der Waals surface area contributed by atoms with E-state index >= 15 is 0 Å². The van der Waals surface area contributed by atoms with Gasteiger partial charge in [-0.15, -0.1) is 0 Å². The third-order valence-electron chi connectivity index (χ3n) is 6.12. The molecule has 1 unspecified atom stereocenters. The van der Waals surface area contributed by atoms with E-state index in [4.69, 9.17) is 17.3 Å². The number of rotatable bonds is 6. The zero-order valence-electron chi connectivity index (χ0n) is 19.4. The Kier molecular flexibility index (Phi) is 7.36. The topological polar surface area (TPSA) is 95.7 Å². The molecular weight excluding hydrogens is 464 g/mol. The number of primary amides is 1. The number of benzene rings is 3. The Morgan fingerprint density at radius 2 is 1.57 bits per heavy atom. The van der Waals surface area contributed by atoms with Gasteiger partial charge in [0, 0.05) is 35.1 Å². The summed E-state index contributed by atoms with van der Waals surface area (Å²) in [5.74, 6) is -0.451. The Morgan fingerprint density at radius 3 is 2.17 bits per heavy atom. The van der Waals surface area contributed by atoms with Crippen LogP contribution in [0.5, 0.6) is 0 Å². The number of aryl methyl sites for hydroxylation is 1. The Hall–Kier alpha value is -3.84. The van der Waals surface area contributed by atoms with Gasteiger partial charge in [-0.2, -0.15) is 0 Å². The van der Waals surface area contributed by atoms with Crippen molar-refractivity contribution in [1.82, 2.24) is 4.90 Å². The molecule has 35 heavy (non-hydrogen) atoms. The van der Waals surface area contributed by atoms with Crippen LogP contribution in [-0.2, 0) is 4.79 Å². The summed E-state index contributed by atoms with van der Waals surface area (Å²) in [5.41, 5.74) is 8.76. The van der Waals surface area contributed by atoms with Crippen LogP contribution >= 0.6 is 11.6 Å². The third-order valence-corrected chi connectivity index (χ3v) is 6.38. The fraction of sp³-hybridized carbons (Fsp3) is 0.222. The highest BCUT2D eigenvalue weighted by molar-refractivity contribution is 6.30. The molecule has 1 aliphatic rings. The van der Waals surface area contributed by atoms with E-state index in [1.165, 1.54) is 4.90 Å². The van der Waals surface area contributed by atoms with Crippen LogP contribution in [0.4, 0.5) is 16.2 Å². The fourth-order valence-electron chi connectivity index (χ4n) is 4.31. The number of hydrogen-bond acceptors (Lipinski definition) is 3. The SMILES string of the molecule is Cc1ccccc1C(C(=O)Nc1ccc(C(=O)N2CCCC2)cc1)N(C(N)=O)c1ccc(Cl)cc1.